The average Bonchev–Trinajstić information content (AvgIpc) is 2.79. The van der Waals surface area contributed by atoms with Crippen LogP contribution in [0.15, 0.2) is 53.5 Å². The number of nitrogens with two attached hydrogens (primary N) is 1. The molecule has 0 unspecified atom stereocenters. The number of aryl methyl sites for hydroxylation is 1. The van der Waals surface area contributed by atoms with Crippen LogP contribution < -0.4 is 21.1 Å². The molecule has 4 N–H and O–H groups in total. The first-order valence-electron chi connectivity index (χ1n) is 10.4. The van der Waals surface area contributed by atoms with Crippen LogP contribution in [0.3, 0.4) is 0 Å². The topological polar surface area (TPSA) is 113 Å². The van der Waals surface area contributed by atoms with Crippen molar-refractivity contribution in [3.63, 3.8) is 0 Å². The molecule has 0 aliphatic heterocycles. The molecule has 1 amide bonds. The van der Waals surface area contributed by atoms with Gasteiger partial charge in [0.2, 0.25) is 5.96 Å². The minimum Gasteiger partial charge on any atom is -0.496 e. The van der Waals surface area contributed by atoms with E-state index in [1.54, 1.807) is 19.4 Å². The third-order valence-corrected chi connectivity index (χ3v) is 5.99. The molecule has 7 heteroatoms. The third kappa shape index (κ3) is 5.34. The molecule has 1 aliphatic carbocycles. The second-order valence-corrected chi connectivity index (χ2v) is 8.02. The number of methoxy groups -OCH3 is 1. The van der Waals surface area contributed by atoms with Gasteiger partial charge in [-0.05, 0) is 55.9 Å². The number of nitriles is 1. The number of carbonyl (C=O) groups is 1. The summed E-state index contributed by atoms with van der Waals surface area (Å²) in [7, 11) is 1.58. The first-order chi connectivity index (χ1) is 15.0. The van der Waals surface area contributed by atoms with Crippen LogP contribution in [0.25, 0.3) is 0 Å². The maximum Gasteiger partial charge on any atom is 0.255 e. The van der Waals surface area contributed by atoms with E-state index >= 15 is 0 Å². The summed E-state index contributed by atoms with van der Waals surface area (Å²) in [5, 5.41) is 14.2. The predicted molar refractivity (Wildman–Crippen MR) is 121 cm³/mol. The van der Waals surface area contributed by atoms with Gasteiger partial charge in [0.25, 0.3) is 5.91 Å². The van der Waals surface area contributed by atoms with Crippen molar-refractivity contribution in [2.24, 2.45) is 10.7 Å². The van der Waals surface area contributed by atoms with Gasteiger partial charge in [-0.15, -0.1) is 0 Å². The Labute approximate surface area is 183 Å². The lowest BCUT2D eigenvalue weighted by Crippen LogP contribution is -2.44. The molecule has 2 aromatic carbocycles. The number of aliphatic imine (C=N–C) groups is 1. The number of nitrogens with zero attached hydrogens (tertiary/aromatic N) is 2. The first-order valence-corrected chi connectivity index (χ1v) is 10.4. The molecule has 0 aromatic heterocycles. The van der Waals surface area contributed by atoms with E-state index in [-0.39, 0.29) is 23.3 Å². The molecular weight excluding hydrogens is 390 g/mol. The van der Waals surface area contributed by atoms with E-state index in [1.165, 1.54) is 5.56 Å². The van der Waals surface area contributed by atoms with Gasteiger partial charge in [-0.2, -0.15) is 5.26 Å². The van der Waals surface area contributed by atoms with Crippen LogP contribution in [0.2, 0.25) is 0 Å². The van der Waals surface area contributed by atoms with Crippen LogP contribution in [-0.4, -0.2) is 31.6 Å². The Morgan fingerprint density at radius 3 is 2.61 bits per heavy atom. The van der Waals surface area contributed by atoms with E-state index in [2.05, 4.69) is 27.8 Å². The van der Waals surface area contributed by atoms with Gasteiger partial charge in [-0.25, -0.2) is 4.99 Å². The number of ether oxygens (including phenoxy) is 1. The Hall–Kier alpha value is -3.53. The van der Waals surface area contributed by atoms with Gasteiger partial charge in [0, 0.05) is 12.0 Å². The van der Waals surface area contributed by atoms with Gasteiger partial charge in [0.1, 0.15) is 5.75 Å². The average molecular weight is 420 g/mol. The van der Waals surface area contributed by atoms with Gasteiger partial charge in [-0.1, -0.05) is 36.4 Å². The summed E-state index contributed by atoms with van der Waals surface area (Å²) < 4.78 is 5.40. The number of rotatable bonds is 6. The summed E-state index contributed by atoms with van der Waals surface area (Å²) in [5.41, 5.74) is 8.34. The molecule has 0 spiro atoms. The highest BCUT2D eigenvalue weighted by atomic mass is 16.5. The number of nitrogens with one attached hydrogen (secondary N) is 2. The molecule has 0 saturated heterocycles. The lowest BCUT2D eigenvalue weighted by atomic mass is 9.68. The summed E-state index contributed by atoms with van der Waals surface area (Å²) in [6.45, 7) is 2.49. The first kappa shape index (κ1) is 22.2. The maximum atomic E-state index is 13.0. The zero-order valence-corrected chi connectivity index (χ0v) is 18.0. The molecule has 162 valence electrons. The number of hydrogen-bond donors (Lipinski definition) is 3. The summed E-state index contributed by atoms with van der Waals surface area (Å²) in [5.74, 6) is 0.582. The van der Waals surface area contributed by atoms with Crippen molar-refractivity contribution in [3.05, 3.63) is 65.2 Å². The quantitative estimate of drug-likeness (QED) is 0.288. The standard InChI is InChI=1S/C24H29N5O2/c1-17-8-9-20(21(14-17)31-2)22(30)27-15-24(18-6-4-3-5-7-18)12-10-19(11-13-24)29-23(26)28-16-25/h3-9,14,19H,10-13,15H2,1-2H3,(H,27,30)(H3,26,28,29). The highest BCUT2D eigenvalue weighted by Gasteiger charge is 2.37. The van der Waals surface area contributed by atoms with Gasteiger partial charge in [0.15, 0.2) is 6.19 Å². The largest absolute Gasteiger partial charge is 0.496 e. The zero-order valence-electron chi connectivity index (χ0n) is 18.0. The van der Waals surface area contributed by atoms with E-state index in [9.17, 15) is 4.79 Å². The number of carbonyl (C=O) groups excluding carboxylic acids is 1. The Morgan fingerprint density at radius 1 is 1.26 bits per heavy atom. The number of hydrogen-bond acceptors (Lipinski definition) is 4. The zero-order chi connectivity index (χ0) is 22.3. The molecular formula is C24H29N5O2. The van der Waals surface area contributed by atoms with E-state index in [0.29, 0.717) is 17.9 Å². The lowest BCUT2D eigenvalue weighted by Gasteiger charge is -2.40. The van der Waals surface area contributed by atoms with Crippen LogP contribution in [0.4, 0.5) is 0 Å². The number of guanidine groups is 1. The van der Waals surface area contributed by atoms with Crippen LogP contribution in [0, 0.1) is 18.4 Å². The highest BCUT2D eigenvalue weighted by Crippen LogP contribution is 2.40. The summed E-state index contributed by atoms with van der Waals surface area (Å²) >= 11 is 0. The maximum absolute atomic E-state index is 13.0. The van der Waals surface area contributed by atoms with Gasteiger partial charge in [-0.3, -0.25) is 10.1 Å². The number of amides is 1. The van der Waals surface area contributed by atoms with E-state index < -0.39 is 0 Å². The fourth-order valence-corrected chi connectivity index (χ4v) is 4.26. The molecule has 1 aliphatic rings. The Balaban J connectivity index is 1.77. The molecule has 0 radical (unpaired) electrons. The molecule has 7 nitrogen and oxygen atoms in total. The van der Waals surface area contributed by atoms with Crippen LogP contribution in [-0.2, 0) is 5.41 Å². The Bertz CT molecular complexity index is 973. The second kappa shape index (κ2) is 9.98. The van der Waals surface area contributed by atoms with Crippen molar-refractivity contribution in [2.45, 2.75) is 44.1 Å². The number of benzene rings is 2. The molecule has 2 aromatic rings. The second-order valence-electron chi connectivity index (χ2n) is 8.02. The van der Waals surface area contributed by atoms with E-state index in [1.807, 2.05) is 37.3 Å². The van der Waals surface area contributed by atoms with Gasteiger partial charge >= 0.3 is 0 Å². The lowest BCUT2D eigenvalue weighted by molar-refractivity contribution is 0.0932. The van der Waals surface area contributed by atoms with E-state index in [4.69, 9.17) is 15.7 Å². The minimum absolute atomic E-state index is 0.0607. The summed E-state index contributed by atoms with van der Waals surface area (Å²) in [6, 6.07) is 15.9. The molecule has 31 heavy (non-hydrogen) atoms. The molecule has 0 atom stereocenters. The van der Waals surface area contributed by atoms with Crippen LogP contribution >= 0.6 is 0 Å². The third-order valence-electron chi connectivity index (χ3n) is 5.99. The Kier molecular flexibility index (Phi) is 7.14. The summed E-state index contributed by atoms with van der Waals surface area (Å²) in [4.78, 5) is 17.4. The highest BCUT2D eigenvalue weighted by molar-refractivity contribution is 5.97. The molecule has 0 bridgehead atoms. The smallest absolute Gasteiger partial charge is 0.255 e. The van der Waals surface area contributed by atoms with Gasteiger partial charge < -0.3 is 15.8 Å². The fourth-order valence-electron chi connectivity index (χ4n) is 4.26. The van der Waals surface area contributed by atoms with E-state index in [0.717, 1.165) is 31.2 Å². The SMILES string of the molecule is COc1cc(C)ccc1C(=O)NCC1(c2ccccc2)CCC(N=C(N)NC#N)CC1. The molecule has 1 saturated carbocycles. The van der Waals surface area contributed by atoms with Crippen LogP contribution in [0.5, 0.6) is 5.75 Å². The monoisotopic (exact) mass is 419 g/mol. The van der Waals surface area contributed by atoms with Gasteiger partial charge in [0.05, 0.1) is 18.7 Å². The minimum atomic E-state index is -0.182. The van der Waals surface area contributed by atoms with Crippen molar-refractivity contribution in [3.8, 4) is 11.9 Å². The fraction of sp³-hybridized carbons (Fsp3) is 0.375. The molecule has 3 rings (SSSR count). The summed E-state index contributed by atoms with van der Waals surface area (Å²) in [6.07, 6.45) is 5.16. The van der Waals surface area contributed by atoms with Crippen LogP contribution in [0.1, 0.15) is 47.2 Å². The predicted octanol–water partition coefficient (Wildman–Crippen LogP) is 3.00. The van der Waals surface area contributed by atoms with Crippen molar-refractivity contribution in [2.75, 3.05) is 13.7 Å². The van der Waals surface area contributed by atoms with Crippen molar-refractivity contribution in [1.29, 1.82) is 5.26 Å². The van der Waals surface area contributed by atoms with Crippen molar-refractivity contribution >= 4 is 11.9 Å². The van der Waals surface area contributed by atoms with Crippen molar-refractivity contribution in [1.82, 2.24) is 10.6 Å². The molecule has 1 fully saturated rings. The normalized spacial score (nSPS) is 21.1. The molecule has 0 heterocycles. The Morgan fingerprint density at radius 2 is 1.97 bits per heavy atom. The van der Waals surface area contributed by atoms with Crippen molar-refractivity contribution < 1.29 is 9.53 Å².